The second-order valence-corrected chi connectivity index (χ2v) is 4.83. The molecule has 0 aromatic heterocycles. The predicted octanol–water partition coefficient (Wildman–Crippen LogP) is 4.51. The van der Waals surface area contributed by atoms with Crippen molar-refractivity contribution < 1.29 is 9.53 Å². The minimum Gasteiger partial charge on any atom is -0.497 e. The summed E-state index contributed by atoms with van der Waals surface area (Å²) in [5.41, 5.74) is 1.11. The Morgan fingerprint density at radius 2 is 1.84 bits per heavy atom. The highest BCUT2D eigenvalue weighted by Crippen LogP contribution is 2.30. The molecule has 98 valence electrons. The first-order chi connectivity index (χ1) is 9.13. The summed E-state index contributed by atoms with van der Waals surface area (Å²) in [5, 5.41) is -0.391. The van der Waals surface area contributed by atoms with E-state index in [2.05, 4.69) is 0 Å². The SMILES string of the molecule is COc1ccc(Cl)c(C(=O)C(Cl)c2ccccc2)c1. The largest absolute Gasteiger partial charge is 0.497 e. The van der Waals surface area contributed by atoms with Gasteiger partial charge in [-0.15, -0.1) is 11.6 Å². The van der Waals surface area contributed by atoms with Gasteiger partial charge in [-0.2, -0.15) is 0 Å². The Balaban J connectivity index is 2.34. The number of hydrogen-bond donors (Lipinski definition) is 0. The van der Waals surface area contributed by atoms with Crippen LogP contribution in [0.25, 0.3) is 0 Å². The summed E-state index contributed by atoms with van der Waals surface area (Å²) in [4.78, 5) is 12.4. The zero-order valence-corrected chi connectivity index (χ0v) is 11.8. The lowest BCUT2D eigenvalue weighted by molar-refractivity contribution is 0.0987. The molecule has 0 spiro atoms. The normalized spacial score (nSPS) is 11.9. The monoisotopic (exact) mass is 294 g/mol. The van der Waals surface area contributed by atoms with Crippen LogP contribution < -0.4 is 4.74 Å². The molecule has 4 heteroatoms. The molecule has 0 saturated carbocycles. The first kappa shape index (κ1) is 13.9. The molecule has 2 aromatic carbocycles. The van der Waals surface area contributed by atoms with Crippen molar-refractivity contribution in [1.82, 2.24) is 0 Å². The summed E-state index contributed by atoms with van der Waals surface area (Å²) < 4.78 is 5.09. The fraction of sp³-hybridized carbons (Fsp3) is 0.133. The van der Waals surface area contributed by atoms with Crippen LogP contribution in [0.15, 0.2) is 48.5 Å². The number of halogens is 2. The summed E-state index contributed by atoms with van der Waals surface area (Å²) in [6.07, 6.45) is 0. The van der Waals surface area contributed by atoms with E-state index in [1.54, 1.807) is 18.2 Å². The lowest BCUT2D eigenvalue weighted by Gasteiger charge is -2.11. The molecule has 0 saturated heterocycles. The van der Waals surface area contributed by atoms with Crippen molar-refractivity contribution in [3.05, 3.63) is 64.7 Å². The Kier molecular flexibility index (Phi) is 4.46. The smallest absolute Gasteiger partial charge is 0.186 e. The zero-order valence-electron chi connectivity index (χ0n) is 10.3. The highest BCUT2D eigenvalue weighted by atomic mass is 35.5. The number of hydrogen-bond acceptors (Lipinski definition) is 2. The van der Waals surface area contributed by atoms with Crippen LogP contribution in [0.3, 0.4) is 0 Å². The summed E-state index contributed by atoms with van der Waals surface area (Å²) in [6.45, 7) is 0. The summed E-state index contributed by atoms with van der Waals surface area (Å²) in [7, 11) is 1.53. The van der Waals surface area contributed by atoms with E-state index in [0.29, 0.717) is 16.3 Å². The molecule has 1 atom stereocenters. The average Bonchev–Trinajstić information content (AvgIpc) is 2.47. The van der Waals surface area contributed by atoms with Gasteiger partial charge in [-0.3, -0.25) is 4.79 Å². The third-order valence-electron chi connectivity index (χ3n) is 2.76. The Bertz CT molecular complexity index is 582. The van der Waals surface area contributed by atoms with Gasteiger partial charge in [0.15, 0.2) is 5.78 Å². The van der Waals surface area contributed by atoms with Crippen molar-refractivity contribution in [2.45, 2.75) is 5.38 Å². The number of rotatable bonds is 4. The third-order valence-corrected chi connectivity index (χ3v) is 3.54. The Morgan fingerprint density at radius 1 is 1.16 bits per heavy atom. The first-order valence-electron chi connectivity index (χ1n) is 5.70. The van der Waals surface area contributed by atoms with Gasteiger partial charge < -0.3 is 4.74 Å². The van der Waals surface area contributed by atoms with E-state index >= 15 is 0 Å². The van der Waals surface area contributed by atoms with Crippen LogP contribution in [0.2, 0.25) is 5.02 Å². The maximum absolute atomic E-state index is 12.4. The van der Waals surface area contributed by atoms with E-state index in [9.17, 15) is 4.79 Å². The Morgan fingerprint density at radius 3 is 2.47 bits per heavy atom. The summed E-state index contributed by atoms with van der Waals surface area (Å²) in [5.74, 6) is 0.335. The lowest BCUT2D eigenvalue weighted by Crippen LogP contribution is -2.08. The number of alkyl halides is 1. The van der Waals surface area contributed by atoms with Crippen LogP contribution in [-0.2, 0) is 0 Å². The van der Waals surface area contributed by atoms with Crippen LogP contribution in [0.1, 0.15) is 21.3 Å². The van der Waals surface area contributed by atoms with Gasteiger partial charge in [-0.25, -0.2) is 0 Å². The van der Waals surface area contributed by atoms with Gasteiger partial charge in [0, 0.05) is 5.56 Å². The van der Waals surface area contributed by atoms with Crippen LogP contribution in [0, 0.1) is 0 Å². The van der Waals surface area contributed by atoms with E-state index in [-0.39, 0.29) is 5.78 Å². The molecule has 1 unspecified atom stereocenters. The quantitative estimate of drug-likeness (QED) is 0.612. The molecule has 0 aliphatic heterocycles. The number of carbonyl (C=O) groups is 1. The molecular weight excluding hydrogens is 283 g/mol. The predicted molar refractivity (Wildman–Crippen MR) is 77.4 cm³/mol. The van der Waals surface area contributed by atoms with Crippen LogP contribution in [0.4, 0.5) is 0 Å². The van der Waals surface area contributed by atoms with Crippen molar-refractivity contribution in [3.63, 3.8) is 0 Å². The first-order valence-corrected chi connectivity index (χ1v) is 6.51. The average molecular weight is 295 g/mol. The van der Waals surface area contributed by atoms with Gasteiger partial charge >= 0.3 is 0 Å². The van der Waals surface area contributed by atoms with Gasteiger partial charge in [0.2, 0.25) is 0 Å². The van der Waals surface area contributed by atoms with E-state index in [1.807, 2.05) is 30.3 Å². The Hall–Kier alpha value is -1.51. The van der Waals surface area contributed by atoms with Crippen LogP contribution in [-0.4, -0.2) is 12.9 Å². The Labute approximate surface area is 121 Å². The second kappa shape index (κ2) is 6.09. The molecule has 0 amide bonds. The second-order valence-electron chi connectivity index (χ2n) is 3.98. The molecule has 0 heterocycles. The van der Waals surface area contributed by atoms with Gasteiger partial charge in [-0.05, 0) is 23.8 Å². The molecule has 0 bridgehead atoms. The van der Waals surface area contributed by atoms with E-state index in [1.165, 1.54) is 7.11 Å². The fourth-order valence-corrected chi connectivity index (χ4v) is 2.20. The molecule has 2 aromatic rings. The maximum Gasteiger partial charge on any atom is 0.186 e. The van der Waals surface area contributed by atoms with E-state index in [4.69, 9.17) is 27.9 Å². The molecule has 0 fully saturated rings. The number of ether oxygens (including phenoxy) is 1. The van der Waals surface area contributed by atoms with Crippen LogP contribution in [0.5, 0.6) is 5.75 Å². The van der Waals surface area contributed by atoms with Crippen molar-refractivity contribution in [1.29, 1.82) is 0 Å². The topological polar surface area (TPSA) is 26.3 Å². The molecule has 19 heavy (non-hydrogen) atoms. The molecule has 0 aliphatic carbocycles. The minimum atomic E-state index is -0.759. The molecular formula is C15H12Cl2O2. The van der Waals surface area contributed by atoms with Crippen LogP contribution >= 0.6 is 23.2 Å². The van der Waals surface area contributed by atoms with E-state index < -0.39 is 5.38 Å². The maximum atomic E-state index is 12.4. The summed E-state index contributed by atoms with van der Waals surface area (Å²) >= 11 is 12.3. The van der Waals surface area contributed by atoms with Crippen molar-refractivity contribution in [2.24, 2.45) is 0 Å². The number of benzene rings is 2. The van der Waals surface area contributed by atoms with E-state index in [0.717, 1.165) is 5.56 Å². The molecule has 0 N–H and O–H groups in total. The van der Waals surface area contributed by atoms with Gasteiger partial charge in [0.25, 0.3) is 0 Å². The van der Waals surface area contributed by atoms with Crippen molar-refractivity contribution in [3.8, 4) is 5.75 Å². The van der Waals surface area contributed by atoms with Crippen molar-refractivity contribution >= 4 is 29.0 Å². The summed E-state index contributed by atoms with van der Waals surface area (Å²) in [6, 6.07) is 14.1. The molecule has 2 rings (SSSR count). The highest BCUT2D eigenvalue weighted by Gasteiger charge is 2.21. The molecule has 2 nitrogen and oxygen atoms in total. The molecule has 0 radical (unpaired) electrons. The number of carbonyl (C=O) groups excluding carboxylic acids is 1. The lowest BCUT2D eigenvalue weighted by atomic mass is 10.0. The van der Waals surface area contributed by atoms with Gasteiger partial charge in [-0.1, -0.05) is 41.9 Å². The van der Waals surface area contributed by atoms with Gasteiger partial charge in [0.05, 0.1) is 12.1 Å². The number of Topliss-reactive ketones (excluding diaryl/α,β-unsaturated/α-hetero) is 1. The minimum absolute atomic E-state index is 0.239. The zero-order chi connectivity index (χ0) is 13.8. The fourth-order valence-electron chi connectivity index (χ4n) is 1.73. The number of methoxy groups -OCH3 is 1. The standard InChI is InChI=1S/C15H12Cl2O2/c1-19-11-7-8-13(16)12(9-11)15(18)14(17)10-5-3-2-4-6-10/h2-9,14H,1H3. The highest BCUT2D eigenvalue weighted by molar-refractivity contribution is 6.39. The molecule has 0 aliphatic rings. The van der Waals surface area contributed by atoms with Crippen molar-refractivity contribution in [2.75, 3.05) is 7.11 Å². The third kappa shape index (κ3) is 3.09. The number of ketones is 1. The van der Waals surface area contributed by atoms with Gasteiger partial charge in [0.1, 0.15) is 11.1 Å².